The minimum Gasteiger partial charge on any atom is -0.465 e. The Morgan fingerprint density at radius 1 is 0.614 bits per heavy atom. The molecule has 1 N–H and O–H groups in total. The molecule has 5 aromatic heterocycles. The number of benzene rings is 1. The number of nitrogens with zero attached hydrogens (tertiary/aromatic N) is 7. The van der Waals surface area contributed by atoms with E-state index in [4.69, 9.17) is 19.2 Å². The van der Waals surface area contributed by atoms with Crippen molar-refractivity contribution < 1.29 is 33.7 Å². The Labute approximate surface area is 333 Å². The Kier molecular flexibility index (Phi) is 13.9. The lowest BCUT2D eigenvalue weighted by molar-refractivity contribution is 0.0591. The van der Waals surface area contributed by atoms with Crippen molar-refractivity contribution >= 4 is 29.2 Å². The van der Waals surface area contributed by atoms with E-state index < -0.39 is 17.9 Å². The third-order valence-corrected chi connectivity index (χ3v) is 10.0. The number of carbonyl (C=O) groups excluding carboxylic acids is 3. The molecule has 0 radical (unpaired) electrons. The maximum Gasteiger partial charge on any atom is 0.337 e. The molecule has 0 spiro atoms. The van der Waals surface area contributed by atoms with Gasteiger partial charge in [-0.2, -0.15) is 0 Å². The molecule has 0 saturated carbocycles. The number of hydrogen-bond donors (Lipinski definition) is 1. The van der Waals surface area contributed by atoms with Crippen LogP contribution in [0.4, 0.5) is 0 Å². The molecule has 0 amide bonds. The lowest BCUT2D eigenvalue weighted by atomic mass is 10.1. The zero-order valence-electron chi connectivity index (χ0n) is 31.7. The molecule has 14 nitrogen and oxygen atoms in total. The highest BCUT2D eigenvalue weighted by molar-refractivity contribution is 7.18. The Morgan fingerprint density at radius 3 is 1.54 bits per heavy atom. The highest BCUT2D eigenvalue weighted by Gasteiger charge is 2.18. The first kappa shape index (κ1) is 40.4. The Hall–Kier alpha value is -6.26. The van der Waals surface area contributed by atoms with Gasteiger partial charge in [0.15, 0.2) is 0 Å². The summed E-state index contributed by atoms with van der Waals surface area (Å²) in [6, 6.07) is 23.5. The number of carbonyl (C=O) groups is 3. The molecule has 5 heterocycles. The number of methoxy groups -OCH3 is 3. The number of thiazole rings is 1. The van der Waals surface area contributed by atoms with Crippen LogP contribution in [-0.2, 0) is 47.0 Å². The van der Waals surface area contributed by atoms with Gasteiger partial charge in [-0.05, 0) is 59.7 Å². The van der Waals surface area contributed by atoms with Crippen molar-refractivity contribution in [3.05, 3.63) is 149 Å². The van der Waals surface area contributed by atoms with Crippen molar-refractivity contribution in [1.82, 2.24) is 34.7 Å². The summed E-state index contributed by atoms with van der Waals surface area (Å²) in [6.07, 6.45) is 6.55. The van der Waals surface area contributed by atoms with Gasteiger partial charge in [-0.15, -0.1) is 11.3 Å². The lowest BCUT2D eigenvalue weighted by Crippen LogP contribution is -2.35. The quantitative estimate of drug-likeness (QED) is 0.0893. The van der Waals surface area contributed by atoms with Gasteiger partial charge in [-0.1, -0.05) is 30.3 Å². The molecule has 1 aromatic carbocycles. The summed E-state index contributed by atoms with van der Waals surface area (Å²) in [4.78, 5) is 65.7. The summed E-state index contributed by atoms with van der Waals surface area (Å²) in [5.41, 5.74) is 6.47. The van der Waals surface area contributed by atoms with E-state index in [0.29, 0.717) is 73.0 Å². The molecule has 0 aliphatic rings. The van der Waals surface area contributed by atoms with Crippen LogP contribution in [0, 0.1) is 0 Å². The Morgan fingerprint density at radius 2 is 1.09 bits per heavy atom. The van der Waals surface area contributed by atoms with Crippen LogP contribution in [0.2, 0.25) is 0 Å². The topological polar surface area (TPSA) is 170 Å². The Bertz CT molecular complexity index is 2260. The summed E-state index contributed by atoms with van der Waals surface area (Å²) in [5.74, 6) is -1.39. The standard InChI is InChI=1S/C42H41N7O7S/c1-54-40(51)30-11-14-43-34(19-30)24-48(23-33-5-4-6-37(47-33)39-46-22-38(57-39)29-9-7-28(27-50)8-10-29)17-18-49(25-35-20-31(12-15-44-35)41(52)55-2)26-36-21-32(13-16-45-36)42(53)56-3/h4-16,19-22,50H,17-18,23-27H2,1-3H3. The van der Waals surface area contributed by atoms with Crippen LogP contribution in [0.25, 0.3) is 21.1 Å². The van der Waals surface area contributed by atoms with Crippen molar-refractivity contribution in [2.75, 3.05) is 34.4 Å². The van der Waals surface area contributed by atoms with Crippen molar-refractivity contribution in [1.29, 1.82) is 0 Å². The molecule has 57 heavy (non-hydrogen) atoms. The van der Waals surface area contributed by atoms with Gasteiger partial charge < -0.3 is 19.3 Å². The summed E-state index contributed by atoms with van der Waals surface area (Å²) in [5, 5.41) is 10.2. The number of rotatable bonds is 17. The fourth-order valence-electron chi connectivity index (χ4n) is 6.04. The highest BCUT2D eigenvalue weighted by Crippen LogP contribution is 2.31. The lowest BCUT2D eigenvalue weighted by Gasteiger charge is -2.27. The third kappa shape index (κ3) is 11.0. The fourth-order valence-corrected chi connectivity index (χ4v) is 6.93. The molecule has 0 aliphatic carbocycles. The molecule has 15 heteroatoms. The number of pyridine rings is 4. The van der Waals surface area contributed by atoms with Crippen LogP contribution < -0.4 is 0 Å². The molecule has 292 valence electrons. The molecule has 0 aliphatic heterocycles. The van der Waals surface area contributed by atoms with Crippen LogP contribution in [0.15, 0.2) is 104 Å². The molecule has 0 saturated heterocycles. The van der Waals surface area contributed by atoms with Crippen LogP contribution in [0.5, 0.6) is 0 Å². The molecule has 0 bridgehead atoms. The largest absolute Gasteiger partial charge is 0.465 e. The second-order valence-electron chi connectivity index (χ2n) is 12.9. The van der Waals surface area contributed by atoms with E-state index >= 15 is 0 Å². The molecule has 0 atom stereocenters. The average molecular weight is 788 g/mol. The minimum atomic E-state index is -0.467. The van der Waals surface area contributed by atoms with Gasteiger partial charge in [0.2, 0.25) is 0 Å². The number of aromatic nitrogens is 5. The van der Waals surface area contributed by atoms with E-state index in [0.717, 1.165) is 32.4 Å². The third-order valence-electron chi connectivity index (χ3n) is 8.94. The molecule has 0 fully saturated rings. The van der Waals surface area contributed by atoms with Gasteiger partial charge in [0.25, 0.3) is 0 Å². The predicted octanol–water partition coefficient (Wildman–Crippen LogP) is 5.61. The van der Waals surface area contributed by atoms with Crippen molar-refractivity contribution in [3.8, 4) is 21.1 Å². The van der Waals surface area contributed by atoms with Gasteiger partial charge >= 0.3 is 17.9 Å². The van der Waals surface area contributed by atoms with Gasteiger partial charge in [-0.3, -0.25) is 24.8 Å². The normalized spacial score (nSPS) is 11.1. The zero-order valence-corrected chi connectivity index (χ0v) is 32.5. The number of hydrogen-bond acceptors (Lipinski definition) is 15. The highest BCUT2D eigenvalue weighted by atomic mass is 32.1. The number of esters is 3. The molecule has 0 unspecified atom stereocenters. The van der Waals surface area contributed by atoms with E-state index in [2.05, 4.69) is 29.7 Å². The fraction of sp³-hybridized carbons (Fsp3) is 0.238. The van der Waals surface area contributed by atoms with E-state index in [1.54, 1.807) is 55.0 Å². The average Bonchev–Trinajstić information content (AvgIpc) is 3.76. The van der Waals surface area contributed by atoms with E-state index in [-0.39, 0.29) is 6.61 Å². The maximum atomic E-state index is 12.4. The molecule has 6 aromatic rings. The van der Waals surface area contributed by atoms with Crippen molar-refractivity contribution in [3.63, 3.8) is 0 Å². The van der Waals surface area contributed by atoms with Crippen LogP contribution in [0.3, 0.4) is 0 Å². The van der Waals surface area contributed by atoms with Gasteiger partial charge in [0.1, 0.15) is 5.01 Å². The smallest absolute Gasteiger partial charge is 0.337 e. The SMILES string of the molecule is COC(=O)c1ccnc(CN(CCN(Cc2cc(C(=O)OC)ccn2)Cc2cccc(-c3ncc(-c4ccc(CO)cc4)s3)n2)Cc2cc(C(=O)OC)ccn2)c1. The molecular formula is C42H41N7O7S. The zero-order chi connectivity index (χ0) is 40.1. The molecule has 6 rings (SSSR count). The van der Waals surface area contributed by atoms with E-state index in [1.165, 1.54) is 32.7 Å². The Balaban J connectivity index is 1.27. The first-order valence-electron chi connectivity index (χ1n) is 17.9. The summed E-state index contributed by atoms with van der Waals surface area (Å²) in [6.45, 7) is 2.49. The second kappa shape index (κ2) is 19.6. The van der Waals surface area contributed by atoms with Crippen LogP contribution in [-0.4, -0.2) is 92.2 Å². The number of ether oxygens (including phenoxy) is 3. The predicted molar refractivity (Wildman–Crippen MR) is 212 cm³/mol. The van der Waals surface area contributed by atoms with Gasteiger partial charge in [-0.25, -0.2) is 24.4 Å². The molecular weight excluding hydrogens is 747 g/mol. The minimum absolute atomic E-state index is 0.0169. The van der Waals surface area contributed by atoms with Gasteiger partial charge in [0, 0.05) is 64.1 Å². The summed E-state index contributed by atoms with van der Waals surface area (Å²) < 4.78 is 14.8. The first-order valence-corrected chi connectivity index (χ1v) is 18.7. The maximum absolute atomic E-state index is 12.4. The first-order chi connectivity index (χ1) is 27.7. The number of aliphatic hydroxyl groups excluding tert-OH is 1. The van der Waals surface area contributed by atoms with Crippen LogP contribution >= 0.6 is 11.3 Å². The van der Waals surface area contributed by atoms with E-state index in [9.17, 15) is 19.5 Å². The van der Waals surface area contributed by atoms with Crippen molar-refractivity contribution in [2.24, 2.45) is 0 Å². The van der Waals surface area contributed by atoms with E-state index in [1.807, 2.05) is 48.7 Å². The summed E-state index contributed by atoms with van der Waals surface area (Å²) >= 11 is 1.53. The van der Waals surface area contributed by atoms with Gasteiger partial charge in [0.05, 0.1) is 78.0 Å². The number of aliphatic hydroxyl groups is 1. The monoisotopic (exact) mass is 787 g/mol. The van der Waals surface area contributed by atoms with Crippen molar-refractivity contribution in [2.45, 2.75) is 32.8 Å². The van der Waals surface area contributed by atoms with Crippen LogP contribution in [0.1, 0.15) is 59.4 Å². The second-order valence-corrected chi connectivity index (χ2v) is 13.9. The summed E-state index contributed by atoms with van der Waals surface area (Å²) in [7, 11) is 4.00.